The second kappa shape index (κ2) is 6.92. The summed E-state index contributed by atoms with van der Waals surface area (Å²) in [6.45, 7) is 0.0716. The Morgan fingerprint density at radius 1 is 1.27 bits per heavy atom. The number of thiophene rings is 1. The summed E-state index contributed by atoms with van der Waals surface area (Å²) in [5.74, 6) is -0.149. The van der Waals surface area contributed by atoms with Crippen molar-refractivity contribution in [3.8, 4) is 0 Å². The molecule has 3 aromatic rings. The number of benzene rings is 1. The molecule has 134 valence electrons. The van der Waals surface area contributed by atoms with Gasteiger partial charge in [0.25, 0.3) is 5.56 Å². The fraction of sp³-hybridized carbons (Fsp3) is 0.316. The molecule has 1 atom stereocenters. The van der Waals surface area contributed by atoms with Gasteiger partial charge in [-0.05, 0) is 41.8 Å². The summed E-state index contributed by atoms with van der Waals surface area (Å²) in [7, 11) is 0. The zero-order chi connectivity index (χ0) is 18.1. The van der Waals surface area contributed by atoms with Gasteiger partial charge in [0.05, 0.1) is 11.6 Å². The molecule has 0 bridgehead atoms. The van der Waals surface area contributed by atoms with Gasteiger partial charge in [-0.15, -0.1) is 11.3 Å². The first-order valence-electron chi connectivity index (χ1n) is 8.71. The van der Waals surface area contributed by atoms with Crippen LogP contribution in [0.2, 0.25) is 0 Å². The molecule has 1 aromatic carbocycles. The molecule has 0 spiro atoms. The molecule has 0 aliphatic heterocycles. The number of aryl methyl sites for hydroxylation is 1. The Bertz CT molecular complexity index is 1080. The number of rotatable bonds is 4. The zero-order valence-electron chi connectivity index (χ0n) is 14.2. The summed E-state index contributed by atoms with van der Waals surface area (Å²) < 4.78 is 1.61. The molecule has 1 aliphatic rings. The lowest BCUT2D eigenvalue weighted by atomic mass is 9.88. The number of nitrogens with one attached hydrogen (secondary N) is 2. The predicted molar refractivity (Wildman–Crippen MR) is 102 cm³/mol. The van der Waals surface area contributed by atoms with E-state index in [9.17, 15) is 14.4 Å². The number of hydrogen-bond donors (Lipinski definition) is 2. The van der Waals surface area contributed by atoms with Crippen LogP contribution in [0.4, 0.5) is 0 Å². The maximum absolute atomic E-state index is 12.4. The van der Waals surface area contributed by atoms with Crippen LogP contribution in [0.15, 0.2) is 45.3 Å². The minimum absolute atomic E-state index is 0.00207. The number of amides is 1. The molecule has 1 aliphatic carbocycles. The molecule has 1 unspecified atom stereocenters. The molecule has 0 saturated carbocycles. The largest absolute Gasteiger partial charge is 0.349 e. The molecule has 4 rings (SSSR count). The monoisotopic (exact) mass is 369 g/mol. The quantitative estimate of drug-likeness (QED) is 0.740. The topological polar surface area (TPSA) is 84.0 Å². The van der Waals surface area contributed by atoms with Crippen LogP contribution in [0.5, 0.6) is 0 Å². The highest BCUT2D eigenvalue weighted by atomic mass is 32.1. The second-order valence-electron chi connectivity index (χ2n) is 6.51. The molecule has 0 saturated heterocycles. The van der Waals surface area contributed by atoms with Gasteiger partial charge in [-0.2, -0.15) is 0 Å². The maximum atomic E-state index is 12.4. The van der Waals surface area contributed by atoms with E-state index < -0.39 is 5.69 Å². The van der Waals surface area contributed by atoms with Crippen molar-refractivity contribution in [3.05, 3.63) is 67.7 Å². The summed E-state index contributed by atoms with van der Waals surface area (Å²) in [4.78, 5) is 39.6. The summed E-state index contributed by atoms with van der Waals surface area (Å²) in [6.07, 6.45) is 3.08. The summed E-state index contributed by atoms with van der Waals surface area (Å²) in [6, 6.07) is 9.87. The van der Waals surface area contributed by atoms with Crippen LogP contribution in [-0.2, 0) is 17.8 Å². The predicted octanol–water partition coefficient (Wildman–Crippen LogP) is 2.34. The molecular formula is C19H19N3O3S. The number of fused-ring (bicyclic) bond motifs is 2. The number of aromatic nitrogens is 2. The van der Waals surface area contributed by atoms with Gasteiger partial charge in [-0.3, -0.25) is 14.2 Å². The van der Waals surface area contributed by atoms with Gasteiger partial charge in [0.1, 0.15) is 4.70 Å². The molecule has 2 aromatic heterocycles. The molecule has 7 heteroatoms. The molecule has 0 radical (unpaired) electrons. The Morgan fingerprint density at radius 3 is 3.00 bits per heavy atom. The number of carbonyl (C=O) groups is 1. The molecule has 0 fully saturated rings. The Hall–Kier alpha value is -2.67. The lowest BCUT2D eigenvalue weighted by Crippen LogP contribution is -2.37. The number of nitrogens with zero attached hydrogens (tertiary/aromatic N) is 1. The van der Waals surface area contributed by atoms with E-state index in [1.54, 1.807) is 11.4 Å². The fourth-order valence-electron chi connectivity index (χ4n) is 3.56. The highest BCUT2D eigenvalue weighted by Crippen LogP contribution is 2.29. The molecule has 26 heavy (non-hydrogen) atoms. The minimum Gasteiger partial charge on any atom is -0.349 e. The smallest absolute Gasteiger partial charge is 0.328 e. The Labute approximate surface area is 153 Å². The van der Waals surface area contributed by atoms with Gasteiger partial charge in [0.15, 0.2) is 0 Å². The highest BCUT2D eigenvalue weighted by molar-refractivity contribution is 7.17. The average molecular weight is 369 g/mol. The van der Waals surface area contributed by atoms with E-state index in [4.69, 9.17) is 0 Å². The van der Waals surface area contributed by atoms with E-state index in [0.717, 1.165) is 23.8 Å². The van der Waals surface area contributed by atoms with Gasteiger partial charge in [0, 0.05) is 13.0 Å². The van der Waals surface area contributed by atoms with Crippen LogP contribution in [-0.4, -0.2) is 15.5 Å². The van der Waals surface area contributed by atoms with Crippen LogP contribution in [0.3, 0.4) is 0 Å². The van der Waals surface area contributed by atoms with Gasteiger partial charge in [0.2, 0.25) is 5.91 Å². The van der Waals surface area contributed by atoms with E-state index in [2.05, 4.69) is 22.4 Å². The number of H-pyrrole nitrogens is 1. The van der Waals surface area contributed by atoms with Crippen LogP contribution >= 0.6 is 11.3 Å². The summed E-state index contributed by atoms with van der Waals surface area (Å²) in [5.41, 5.74) is 2.18. The van der Waals surface area contributed by atoms with Crippen molar-refractivity contribution >= 4 is 27.5 Å². The lowest BCUT2D eigenvalue weighted by Gasteiger charge is -2.26. The maximum Gasteiger partial charge on any atom is 0.328 e. The van der Waals surface area contributed by atoms with Crippen molar-refractivity contribution in [1.82, 2.24) is 14.9 Å². The normalized spacial score (nSPS) is 16.4. The van der Waals surface area contributed by atoms with E-state index in [-0.39, 0.29) is 30.5 Å². The third kappa shape index (κ3) is 3.10. The SMILES string of the molecule is O=C(CCn1c(=O)[nH]c2ccsc2c1=O)NC1CCCc2ccccc21. The third-order valence-electron chi connectivity index (χ3n) is 4.86. The first kappa shape index (κ1) is 16.8. The fourth-order valence-corrected chi connectivity index (χ4v) is 4.35. The Morgan fingerprint density at radius 2 is 2.12 bits per heavy atom. The molecule has 2 heterocycles. The highest BCUT2D eigenvalue weighted by Gasteiger charge is 2.21. The van der Waals surface area contributed by atoms with Crippen molar-refractivity contribution in [3.63, 3.8) is 0 Å². The van der Waals surface area contributed by atoms with Crippen LogP contribution in [0, 0.1) is 0 Å². The van der Waals surface area contributed by atoms with Crippen LogP contribution in [0.25, 0.3) is 10.2 Å². The van der Waals surface area contributed by atoms with Crippen molar-refractivity contribution in [2.75, 3.05) is 0 Å². The van der Waals surface area contributed by atoms with E-state index in [0.29, 0.717) is 10.2 Å². The zero-order valence-corrected chi connectivity index (χ0v) is 15.0. The van der Waals surface area contributed by atoms with Gasteiger partial charge in [-0.1, -0.05) is 24.3 Å². The Balaban J connectivity index is 1.47. The average Bonchev–Trinajstić information content (AvgIpc) is 3.10. The summed E-state index contributed by atoms with van der Waals surface area (Å²) >= 11 is 1.29. The molecule has 1 amide bonds. The van der Waals surface area contributed by atoms with E-state index in [1.165, 1.54) is 22.5 Å². The van der Waals surface area contributed by atoms with Gasteiger partial charge < -0.3 is 10.3 Å². The first-order valence-corrected chi connectivity index (χ1v) is 9.59. The lowest BCUT2D eigenvalue weighted by molar-refractivity contribution is -0.122. The Kier molecular flexibility index (Phi) is 4.46. The van der Waals surface area contributed by atoms with Crippen molar-refractivity contribution in [2.45, 2.75) is 38.3 Å². The second-order valence-corrected chi connectivity index (χ2v) is 7.43. The first-order chi connectivity index (χ1) is 12.6. The van der Waals surface area contributed by atoms with Crippen LogP contribution < -0.4 is 16.6 Å². The van der Waals surface area contributed by atoms with Crippen molar-refractivity contribution < 1.29 is 4.79 Å². The summed E-state index contributed by atoms with van der Waals surface area (Å²) in [5, 5.41) is 4.82. The van der Waals surface area contributed by atoms with E-state index >= 15 is 0 Å². The van der Waals surface area contributed by atoms with Gasteiger partial charge in [-0.25, -0.2) is 4.79 Å². The van der Waals surface area contributed by atoms with Crippen molar-refractivity contribution in [1.29, 1.82) is 0 Å². The number of hydrogen-bond acceptors (Lipinski definition) is 4. The minimum atomic E-state index is -0.475. The molecule has 2 N–H and O–H groups in total. The van der Waals surface area contributed by atoms with Crippen molar-refractivity contribution in [2.24, 2.45) is 0 Å². The van der Waals surface area contributed by atoms with Crippen LogP contribution in [0.1, 0.15) is 36.4 Å². The number of carbonyl (C=O) groups excluding carboxylic acids is 1. The van der Waals surface area contributed by atoms with E-state index in [1.807, 2.05) is 12.1 Å². The molecule has 6 nitrogen and oxygen atoms in total. The van der Waals surface area contributed by atoms with Gasteiger partial charge >= 0.3 is 5.69 Å². The third-order valence-corrected chi connectivity index (χ3v) is 5.76. The number of aromatic amines is 1. The molecular weight excluding hydrogens is 350 g/mol. The standard InChI is InChI=1S/C19H19N3O3S/c23-16(20-14-7-3-5-12-4-1-2-6-13(12)14)8-10-22-18(24)17-15(9-11-26-17)21-19(22)25/h1-2,4,6,9,11,14H,3,5,7-8,10H2,(H,20,23)(H,21,25).